The summed E-state index contributed by atoms with van der Waals surface area (Å²) in [6.45, 7) is 0. The van der Waals surface area contributed by atoms with E-state index in [0.717, 1.165) is 30.6 Å². The van der Waals surface area contributed by atoms with Gasteiger partial charge >= 0.3 is 0 Å². The summed E-state index contributed by atoms with van der Waals surface area (Å²) >= 11 is 1.52. The van der Waals surface area contributed by atoms with Gasteiger partial charge in [0.15, 0.2) is 0 Å². The van der Waals surface area contributed by atoms with Gasteiger partial charge in [0.1, 0.15) is 17.5 Å². The number of anilines is 1. The first-order valence-electron chi connectivity index (χ1n) is 11.5. The van der Waals surface area contributed by atoms with Crippen molar-refractivity contribution >= 4 is 28.8 Å². The van der Waals surface area contributed by atoms with Crippen molar-refractivity contribution in [3.05, 3.63) is 76.5 Å². The van der Waals surface area contributed by atoms with Crippen molar-refractivity contribution in [2.75, 3.05) is 19.1 Å². The summed E-state index contributed by atoms with van der Waals surface area (Å²) in [5.41, 5.74) is 1.27. The summed E-state index contributed by atoms with van der Waals surface area (Å²) in [6, 6.07) is 17.8. The average Bonchev–Trinajstić information content (AvgIpc) is 3.57. The molecule has 1 heterocycles. The number of ether oxygens (including phenoxy) is 2. The molecule has 0 spiro atoms. The summed E-state index contributed by atoms with van der Waals surface area (Å²) in [6.07, 6.45) is 4.31. The molecular weight excluding hydrogens is 448 g/mol. The molecule has 4 rings (SSSR count). The van der Waals surface area contributed by atoms with Crippen molar-refractivity contribution in [2.45, 2.75) is 44.2 Å². The smallest absolute Gasteiger partial charge is 0.248 e. The Hall–Kier alpha value is -3.32. The monoisotopic (exact) mass is 478 g/mol. The molecule has 1 aliphatic rings. The standard InChI is InChI=1S/C27H30N2O4S/c1-32-21-15-13-19(14-16-21)26(27(31)28-20-8-3-4-9-20)29(23-11-5-6-12-24(23)33-2)25(30)18-22-10-7-17-34-22/h5-7,10-17,20,26H,3-4,8-9,18H2,1-2H3,(H,28,31)/t26-/m1/s1. The Bertz CT molecular complexity index is 1090. The molecule has 7 heteroatoms. The SMILES string of the molecule is COc1ccc([C@H](C(=O)NC2CCCC2)N(C(=O)Cc2cccs2)c2ccccc2OC)cc1. The lowest BCUT2D eigenvalue weighted by molar-refractivity contribution is -0.127. The lowest BCUT2D eigenvalue weighted by Gasteiger charge is -2.33. The number of nitrogens with one attached hydrogen (secondary N) is 1. The minimum atomic E-state index is -0.852. The molecule has 1 atom stereocenters. The fraction of sp³-hybridized carbons (Fsp3) is 0.333. The van der Waals surface area contributed by atoms with Gasteiger partial charge in [-0.2, -0.15) is 0 Å². The van der Waals surface area contributed by atoms with Crippen LogP contribution in [0.1, 0.15) is 42.2 Å². The Morgan fingerprint density at radius 1 is 1.00 bits per heavy atom. The number of nitrogens with zero attached hydrogens (tertiary/aromatic N) is 1. The molecule has 0 radical (unpaired) electrons. The van der Waals surface area contributed by atoms with Gasteiger partial charge in [-0.15, -0.1) is 11.3 Å². The van der Waals surface area contributed by atoms with E-state index in [-0.39, 0.29) is 24.3 Å². The number of carbonyl (C=O) groups is 2. The Morgan fingerprint density at radius 2 is 1.74 bits per heavy atom. The van der Waals surface area contributed by atoms with E-state index in [0.29, 0.717) is 22.7 Å². The largest absolute Gasteiger partial charge is 0.497 e. The summed E-state index contributed by atoms with van der Waals surface area (Å²) in [5, 5.41) is 5.15. The van der Waals surface area contributed by atoms with Crippen LogP contribution in [0.4, 0.5) is 5.69 Å². The second-order valence-electron chi connectivity index (χ2n) is 8.36. The molecular formula is C27H30N2O4S. The number of thiophene rings is 1. The van der Waals surface area contributed by atoms with Gasteiger partial charge in [0.25, 0.3) is 0 Å². The molecule has 6 nitrogen and oxygen atoms in total. The maximum Gasteiger partial charge on any atom is 0.248 e. The first kappa shape index (κ1) is 23.8. The lowest BCUT2D eigenvalue weighted by atomic mass is 10.0. The van der Waals surface area contributed by atoms with Crippen molar-refractivity contribution in [2.24, 2.45) is 0 Å². The van der Waals surface area contributed by atoms with Crippen molar-refractivity contribution in [3.63, 3.8) is 0 Å². The zero-order chi connectivity index (χ0) is 23.9. The van der Waals surface area contributed by atoms with E-state index < -0.39 is 6.04 Å². The Morgan fingerprint density at radius 3 is 2.38 bits per heavy atom. The highest BCUT2D eigenvalue weighted by molar-refractivity contribution is 7.10. The van der Waals surface area contributed by atoms with Crippen LogP contribution in [0.2, 0.25) is 0 Å². The van der Waals surface area contributed by atoms with Gasteiger partial charge in [-0.1, -0.05) is 43.2 Å². The minimum Gasteiger partial charge on any atom is -0.497 e. The van der Waals surface area contributed by atoms with Gasteiger partial charge < -0.3 is 14.8 Å². The van der Waals surface area contributed by atoms with Crippen LogP contribution in [-0.4, -0.2) is 32.1 Å². The molecule has 1 fully saturated rings. The van der Waals surface area contributed by atoms with Crippen LogP contribution in [0.25, 0.3) is 0 Å². The second kappa shape index (κ2) is 11.2. The Kier molecular flexibility index (Phi) is 7.85. The molecule has 1 aromatic heterocycles. The van der Waals surface area contributed by atoms with Gasteiger partial charge in [0.2, 0.25) is 11.8 Å². The summed E-state index contributed by atoms with van der Waals surface area (Å²) in [7, 11) is 3.17. The van der Waals surface area contributed by atoms with Crippen LogP contribution in [0, 0.1) is 0 Å². The van der Waals surface area contributed by atoms with Crippen LogP contribution in [0.5, 0.6) is 11.5 Å². The molecule has 3 aromatic rings. The number of carbonyl (C=O) groups excluding carboxylic acids is 2. The third-order valence-electron chi connectivity index (χ3n) is 6.16. The van der Waals surface area contributed by atoms with Gasteiger partial charge in [-0.05, 0) is 54.1 Å². The fourth-order valence-electron chi connectivity index (χ4n) is 4.45. The minimum absolute atomic E-state index is 0.125. The number of benzene rings is 2. The topological polar surface area (TPSA) is 67.9 Å². The predicted octanol–water partition coefficient (Wildman–Crippen LogP) is 5.14. The predicted molar refractivity (Wildman–Crippen MR) is 135 cm³/mol. The molecule has 1 aliphatic carbocycles. The first-order chi connectivity index (χ1) is 16.6. The molecule has 0 unspecified atom stereocenters. The van der Waals surface area contributed by atoms with E-state index in [4.69, 9.17) is 9.47 Å². The molecule has 2 aromatic carbocycles. The first-order valence-corrected chi connectivity index (χ1v) is 12.4. The van der Waals surface area contributed by atoms with Crippen molar-refractivity contribution in [3.8, 4) is 11.5 Å². The van der Waals surface area contributed by atoms with Gasteiger partial charge in [0, 0.05) is 10.9 Å². The lowest BCUT2D eigenvalue weighted by Crippen LogP contribution is -2.47. The maximum absolute atomic E-state index is 13.8. The Balaban J connectivity index is 1.79. The highest BCUT2D eigenvalue weighted by Gasteiger charge is 2.35. The number of para-hydroxylation sites is 2. The highest BCUT2D eigenvalue weighted by atomic mass is 32.1. The average molecular weight is 479 g/mol. The number of amides is 2. The van der Waals surface area contributed by atoms with E-state index in [9.17, 15) is 9.59 Å². The van der Waals surface area contributed by atoms with E-state index in [1.54, 1.807) is 25.2 Å². The summed E-state index contributed by atoms with van der Waals surface area (Å²) in [4.78, 5) is 30.2. The zero-order valence-electron chi connectivity index (χ0n) is 19.5. The Labute approximate surface area is 204 Å². The molecule has 1 saturated carbocycles. The molecule has 34 heavy (non-hydrogen) atoms. The van der Waals surface area contributed by atoms with Crippen LogP contribution in [0.15, 0.2) is 66.0 Å². The second-order valence-corrected chi connectivity index (χ2v) is 9.39. The molecule has 0 saturated heterocycles. The van der Waals surface area contributed by atoms with Crippen molar-refractivity contribution < 1.29 is 19.1 Å². The third-order valence-corrected chi connectivity index (χ3v) is 7.03. The highest BCUT2D eigenvalue weighted by Crippen LogP contribution is 2.36. The number of hydrogen-bond acceptors (Lipinski definition) is 5. The van der Waals surface area contributed by atoms with Crippen LogP contribution >= 0.6 is 11.3 Å². The summed E-state index contributed by atoms with van der Waals surface area (Å²) in [5.74, 6) is 0.860. The molecule has 2 amide bonds. The quantitative estimate of drug-likeness (QED) is 0.462. The van der Waals surface area contributed by atoms with Gasteiger partial charge in [-0.3, -0.25) is 14.5 Å². The van der Waals surface area contributed by atoms with E-state index in [2.05, 4.69) is 5.32 Å². The number of methoxy groups -OCH3 is 2. The number of hydrogen-bond donors (Lipinski definition) is 1. The van der Waals surface area contributed by atoms with Crippen LogP contribution in [-0.2, 0) is 16.0 Å². The van der Waals surface area contributed by atoms with E-state index in [1.807, 2.05) is 60.0 Å². The van der Waals surface area contributed by atoms with Crippen LogP contribution in [0.3, 0.4) is 0 Å². The van der Waals surface area contributed by atoms with Gasteiger partial charge in [0.05, 0.1) is 26.3 Å². The van der Waals surface area contributed by atoms with Crippen molar-refractivity contribution in [1.82, 2.24) is 5.32 Å². The van der Waals surface area contributed by atoms with Gasteiger partial charge in [-0.25, -0.2) is 0 Å². The van der Waals surface area contributed by atoms with E-state index in [1.165, 1.54) is 11.3 Å². The normalized spacial score (nSPS) is 14.4. The third kappa shape index (κ3) is 5.42. The summed E-state index contributed by atoms with van der Waals surface area (Å²) < 4.78 is 10.9. The molecule has 0 aliphatic heterocycles. The fourth-order valence-corrected chi connectivity index (χ4v) is 5.14. The zero-order valence-corrected chi connectivity index (χ0v) is 20.3. The van der Waals surface area contributed by atoms with Crippen molar-refractivity contribution in [1.29, 1.82) is 0 Å². The molecule has 1 N–H and O–H groups in total. The number of rotatable bonds is 9. The van der Waals surface area contributed by atoms with E-state index >= 15 is 0 Å². The molecule has 0 bridgehead atoms. The molecule has 178 valence electrons. The van der Waals surface area contributed by atoms with Crippen LogP contribution < -0.4 is 19.7 Å². The maximum atomic E-state index is 13.8.